The number of anilines is 1. The van der Waals surface area contributed by atoms with Crippen molar-refractivity contribution in [3.8, 4) is 5.75 Å². The molecule has 0 radical (unpaired) electrons. The van der Waals surface area contributed by atoms with Crippen LogP contribution in [0, 0.1) is 0 Å². The molecule has 0 saturated carbocycles. The van der Waals surface area contributed by atoms with Gasteiger partial charge in [0, 0.05) is 11.9 Å². The Morgan fingerprint density at radius 3 is 2.44 bits per heavy atom. The zero-order valence-corrected chi connectivity index (χ0v) is 9.16. The number of aromatic amines is 1. The van der Waals surface area contributed by atoms with Crippen LogP contribution in [0.3, 0.4) is 0 Å². The molecule has 0 spiro atoms. The van der Waals surface area contributed by atoms with Gasteiger partial charge in [-0.3, -0.25) is 5.10 Å². The predicted octanol–water partition coefficient (Wildman–Crippen LogP) is 2.92. The second-order valence-electron chi connectivity index (χ2n) is 3.51. The molecule has 2 rings (SSSR count). The molecule has 0 aliphatic rings. The monoisotopic (exact) mass is 257 g/mol. The van der Waals surface area contributed by atoms with Crippen LogP contribution in [-0.4, -0.2) is 16.6 Å². The van der Waals surface area contributed by atoms with E-state index in [0.717, 1.165) is 5.69 Å². The summed E-state index contributed by atoms with van der Waals surface area (Å²) in [6.45, 7) is 0.513. The second-order valence-corrected chi connectivity index (χ2v) is 3.51. The van der Waals surface area contributed by atoms with Crippen molar-refractivity contribution in [2.45, 2.75) is 12.9 Å². The fraction of sp³-hybridized carbons (Fsp3) is 0.182. The summed E-state index contributed by atoms with van der Waals surface area (Å²) in [5, 5.41) is 9.57. The number of aromatic nitrogens is 2. The van der Waals surface area contributed by atoms with E-state index < -0.39 is 6.36 Å². The van der Waals surface area contributed by atoms with Crippen molar-refractivity contribution >= 4 is 5.69 Å². The molecular weight excluding hydrogens is 247 g/mol. The van der Waals surface area contributed by atoms with Crippen molar-refractivity contribution in [3.63, 3.8) is 0 Å². The highest BCUT2D eigenvalue weighted by Crippen LogP contribution is 2.23. The molecule has 0 atom stereocenters. The van der Waals surface area contributed by atoms with Gasteiger partial charge in [-0.15, -0.1) is 13.2 Å². The number of ether oxygens (including phenoxy) is 1. The van der Waals surface area contributed by atoms with Crippen LogP contribution in [0.4, 0.5) is 18.9 Å². The van der Waals surface area contributed by atoms with E-state index in [-0.39, 0.29) is 5.75 Å². The third-order valence-electron chi connectivity index (χ3n) is 2.13. The lowest BCUT2D eigenvalue weighted by atomic mass is 10.3. The molecule has 7 heteroatoms. The number of benzene rings is 1. The van der Waals surface area contributed by atoms with Crippen molar-refractivity contribution in [1.82, 2.24) is 10.2 Å². The minimum atomic E-state index is -4.66. The number of H-pyrrole nitrogens is 1. The quantitative estimate of drug-likeness (QED) is 0.885. The highest BCUT2D eigenvalue weighted by molar-refractivity contribution is 5.46. The fourth-order valence-electron chi connectivity index (χ4n) is 1.35. The van der Waals surface area contributed by atoms with Crippen molar-refractivity contribution in [1.29, 1.82) is 0 Å². The number of nitrogens with one attached hydrogen (secondary N) is 2. The van der Waals surface area contributed by atoms with E-state index in [2.05, 4.69) is 20.3 Å². The zero-order chi connectivity index (χ0) is 13.0. The Bertz CT molecular complexity index is 479. The first-order chi connectivity index (χ1) is 8.53. The molecule has 1 aromatic carbocycles. The van der Waals surface area contributed by atoms with Gasteiger partial charge < -0.3 is 10.1 Å². The maximum Gasteiger partial charge on any atom is 0.573 e. The van der Waals surface area contributed by atoms with Gasteiger partial charge in [0.2, 0.25) is 0 Å². The maximum absolute atomic E-state index is 11.9. The summed E-state index contributed by atoms with van der Waals surface area (Å²) >= 11 is 0. The molecule has 0 unspecified atom stereocenters. The van der Waals surface area contributed by atoms with Gasteiger partial charge in [0.25, 0.3) is 0 Å². The van der Waals surface area contributed by atoms with E-state index in [1.807, 2.05) is 0 Å². The minimum Gasteiger partial charge on any atom is -0.406 e. The minimum absolute atomic E-state index is 0.241. The highest BCUT2D eigenvalue weighted by atomic mass is 19.4. The van der Waals surface area contributed by atoms with E-state index in [1.165, 1.54) is 24.3 Å². The smallest absolute Gasteiger partial charge is 0.406 e. The largest absolute Gasteiger partial charge is 0.573 e. The van der Waals surface area contributed by atoms with E-state index in [1.54, 1.807) is 12.3 Å². The fourth-order valence-corrected chi connectivity index (χ4v) is 1.35. The Morgan fingerprint density at radius 2 is 1.89 bits per heavy atom. The third kappa shape index (κ3) is 3.69. The van der Waals surface area contributed by atoms with Crippen LogP contribution < -0.4 is 10.1 Å². The van der Waals surface area contributed by atoms with Crippen LogP contribution in [0.1, 0.15) is 5.69 Å². The van der Waals surface area contributed by atoms with Crippen LogP contribution in [0.15, 0.2) is 36.5 Å². The topological polar surface area (TPSA) is 49.9 Å². The number of nitrogens with zero attached hydrogens (tertiary/aromatic N) is 1. The summed E-state index contributed by atoms with van der Waals surface area (Å²) < 4.78 is 39.5. The third-order valence-corrected chi connectivity index (χ3v) is 2.13. The van der Waals surface area contributed by atoms with Crippen LogP contribution in [-0.2, 0) is 6.54 Å². The standard InChI is InChI=1S/C11H10F3N3O/c12-11(13,14)18-10-3-1-8(2-4-10)15-7-9-5-6-16-17-9/h1-6,15H,7H2,(H,16,17). The Labute approximate surface area is 101 Å². The maximum atomic E-state index is 11.9. The molecule has 1 heterocycles. The van der Waals surface area contributed by atoms with Crippen LogP contribution in [0.5, 0.6) is 5.75 Å². The molecule has 4 nitrogen and oxygen atoms in total. The van der Waals surface area contributed by atoms with Crippen LogP contribution >= 0.6 is 0 Å². The Hall–Kier alpha value is -2.18. The SMILES string of the molecule is FC(F)(F)Oc1ccc(NCc2ccn[nH]2)cc1. The molecule has 96 valence electrons. The number of hydrogen-bond donors (Lipinski definition) is 2. The van der Waals surface area contributed by atoms with Gasteiger partial charge in [-0.05, 0) is 30.3 Å². The van der Waals surface area contributed by atoms with E-state index in [0.29, 0.717) is 12.2 Å². The summed E-state index contributed by atoms with van der Waals surface area (Å²) in [6.07, 6.45) is -3.04. The van der Waals surface area contributed by atoms with Gasteiger partial charge in [-0.1, -0.05) is 0 Å². The molecule has 18 heavy (non-hydrogen) atoms. The number of hydrogen-bond acceptors (Lipinski definition) is 3. The first kappa shape index (κ1) is 12.3. The zero-order valence-electron chi connectivity index (χ0n) is 9.16. The van der Waals surface area contributed by atoms with E-state index >= 15 is 0 Å². The van der Waals surface area contributed by atoms with Gasteiger partial charge in [0.1, 0.15) is 5.75 Å². The molecule has 0 fully saturated rings. The molecule has 2 aromatic rings. The molecule has 2 N–H and O–H groups in total. The molecule has 1 aromatic heterocycles. The van der Waals surface area contributed by atoms with Gasteiger partial charge in [-0.25, -0.2) is 0 Å². The van der Waals surface area contributed by atoms with Gasteiger partial charge in [-0.2, -0.15) is 5.10 Å². The molecule has 0 aliphatic carbocycles. The lowest BCUT2D eigenvalue weighted by molar-refractivity contribution is -0.274. The van der Waals surface area contributed by atoms with E-state index in [9.17, 15) is 13.2 Å². The van der Waals surface area contributed by atoms with Gasteiger partial charge in [0.05, 0.1) is 12.2 Å². The molecule has 0 saturated heterocycles. The molecular formula is C11H10F3N3O. The van der Waals surface area contributed by atoms with Crippen molar-refractivity contribution in [3.05, 3.63) is 42.2 Å². The molecule has 0 aliphatic heterocycles. The number of halogens is 3. The first-order valence-electron chi connectivity index (χ1n) is 5.11. The lowest BCUT2D eigenvalue weighted by Crippen LogP contribution is -2.17. The highest BCUT2D eigenvalue weighted by Gasteiger charge is 2.30. The number of rotatable bonds is 4. The Kier molecular flexibility index (Phi) is 3.40. The average Bonchev–Trinajstić information content (AvgIpc) is 2.79. The van der Waals surface area contributed by atoms with Crippen molar-refractivity contribution in [2.75, 3.05) is 5.32 Å². The predicted molar refractivity (Wildman–Crippen MR) is 59.0 cm³/mol. The van der Waals surface area contributed by atoms with Crippen LogP contribution in [0.2, 0.25) is 0 Å². The summed E-state index contributed by atoms with van der Waals surface area (Å²) in [5.74, 6) is -0.241. The van der Waals surface area contributed by atoms with Gasteiger partial charge in [0.15, 0.2) is 0 Å². The average molecular weight is 257 g/mol. The van der Waals surface area contributed by atoms with Crippen molar-refractivity contribution < 1.29 is 17.9 Å². The van der Waals surface area contributed by atoms with Gasteiger partial charge >= 0.3 is 6.36 Å². The Morgan fingerprint density at radius 1 is 1.17 bits per heavy atom. The summed E-state index contributed by atoms with van der Waals surface area (Å²) in [7, 11) is 0. The lowest BCUT2D eigenvalue weighted by Gasteiger charge is -2.10. The molecule has 0 amide bonds. The normalized spacial score (nSPS) is 11.3. The summed E-state index contributed by atoms with van der Waals surface area (Å²) in [6, 6.07) is 7.33. The number of alkyl halides is 3. The summed E-state index contributed by atoms with van der Waals surface area (Å²) in [4.78, 5) is 0. The summed E-state index contributed by atoms with van der Waals surface area (Å²) in [5.41, 5.74) is 1.57. The second kappa shape index (κ2) is 4.99. The Balaban J connectivity index is 1.91. The van der Waals surface area contributed by atoms with Crippen LogP contribution in [0.25, 0.3) is 0 Å². The van der Waals surface area contributed by atoms with E-state index in [4.69, 9.17) is 0 Å². The van der Waals surface area contributed by atoms with Crippen molar-refractivity contribution in [2.24, 2.45) is 0 Å². The first-order valence-corrected chi connectivity index (χ1v) is 5.11. The molecule has 0 bridgehead atoms.